The fourth-order valence-electron chi connectivity index (χ4n) is 6.36. The third-order valence-electron chi connectivity index (χ3n) is 8.93. The van der Waals surface area contributed by atoms with Crippen LogP contribution in [0, 0.1) is 0 Å². The Morgan fingerprint density at radius 1 is 0.328 bits per heavy atom. The van der Waals surface area contributed by atoms with Crippen molar-refractivity contribution in [3.8, 4) is 23.0 Å². The Bertz CT molecular complexity index is 2690. The predicted molar refractivity (Wildman–Crippen MR) is 239 cm³/mol. The molecule has 13 heteroatoms. The van der Waals surface area contributed by atoms with Crippen LogP contribution in [0.3, 0.4) is 0 Å². The van der Waals surface area contributed by atoms with Crippen molar-refractivity contribution in [3.05, 3.63) is 218 Å². The van der Waals surface area contributed by atoms with E-state index in [-0.39, 0.29) is 30.2 Å². The summed E-state index contributed by atoms with van der Waals surface area (Å²) < 4.78 is 84.4. The first-order chi connectivity index (χ1) is 29.1. The van der Waals surface area contributed by atoms with Gasteiger partial charge < -0.3 is 18.6 Å². The van der Waals surface area contributed by atoms with Crippen LogP contribution in [-0.2, 0) is 40.7 Å². The van der Waals surface area contributed by atoms with Gasteiger partial charge in [-0.2, -0.15) is 0 Å². The second-order valence-corrected chi connectivity index (χ2v) is 19.9. The molecule has 308 valence electrons. The summed E-state index contributed by atoms with van der Waals surface area (Å²) in [6, 6.07) is 65.9. The van der Waals surface area contributed by atoms with Crippen molar-refractivity contribution in [1.82, 2.24) is 0 Å². The molecule has 2 unspecified atom stereocenters. The minimum absolute atomic E-state index is 0. The van der Waals surface area contributed by atoms with Crippen molar-refractivity contribution in [2.45, 2.75) is 9.79 Å². The first-order valence-electron chi connectivity index (χ1n) is 18.5. The third kappa shape index (κ3) is 11.5. The van der Waals surface area contributed by atoms with Crippen molar-refractivity contribution in [1.29, 1.82) is 0 Å². The first-order valence-corrected chi connectivity index (χ1v) is 24.0. The molecule has 0 heterocycles. The molecule has 8 nitrogen and oxygen atoms in total. The molecule has 0 aliphatic carbocycles. The van der Waals surface area contributed by atoms with Gasteiger partial charge in [-0.15, -0.1) is 0 Å². The Morgan fingerprint density at radius 3 is 0.918 bits per heavy atom. The summed E-state index contributed by atoms with van der Waals surface area (Å²) in [6.45, 7) is 0. The molecule has 0 aliphatic rings. The molecule has 0 spiro atoms. The molecule has 0 amide bonds. The van der Waals surface area contributed by atoms with Gasteiger partial charge in [0.2, 0.25) is 0 Å². The Labute approximate surface area is 372 Å². The maximum atomic E-state index is 12.0. The van der Waals surface area contributed by atoms with Crippen molar-refractivity contribution >= 4 is 67.9 Å². The number of hydrogen-bond donors (Lipinski definition) is 0. The van der Waals surface area contributed by atoms with Gasteiger partial charge in [-0.3, -0.25) is 0 Å². The molecule has 0 saturated carbocycles. The summed E-state index contributed by atoms with van der Waals surface area (Å²) >= 11 is 0. The van der Waals surface area contributed by atoms with E-state index < -0.39 is 36.1 Å². The topological polar surface area (TPSA) is 133 Å². The summed E-state index contributed by atoms with van der Waals surface area (Å²) in [5.41, 5.74) is 0. The molecular formula is C48H36O8P2PdS2. The fraction of sp³-hybridized carbons (Fsp3) is 0. The van der Waals surface area contributed by atoms with Gasteiger partial charge in [-0.25, -0.2) is 16.8 Å². The first kappa shape index (κ1) is 45.2. The van der Waals surface area contributed by atoms with E-state index in [0.717, 1.165) is 21.2 Å². The molecule has 8 aromatic rings. The van der Waals surface area contributed by atoms with E-state index in [0.29, 0.717) is 33.6 Å². The Balaban J connectivity index is 0.000000201. The van der Waals surface area contributed by atoms with Crippen molar-refractivity contribution in [2.24, 2.45) is 0 Å². The largest absolute Gasteiger partial charge is 2.00 e. The van der Waals surface area contributed by atoms with E-state index >= 15 is 0 Å². The molecule has 0 N–H and O–H groups in total. The number of para-hydroxylation sites is 4. The number of rotatable bonds is 12. The van der Waals surface area contributed by atoms with Gasteiger partial charge in [0.1, 0.15) is 43.2 Å². The Hall–Kier alpha value is -5.30. The SMILES string of the molecule is O=S(=O)([O-])c1ccccc1P(c1ccccc1)c1ccccc1Oc1ccccc1.O=S(=O)([O-])c1ccccc1P(c1ccccc1)c1ccccc1Oc1ccccc1.[Pd+2]. The van der Waals surface area contributed by atoms with Crippen molar-refractivity contribution < 1.29 is 55.8 Å². The predicted octanol–water partition coefficient (Wildman–Crippen LogP) is 8.28. The monoisotopic (exact) mass is 972 g/mol. The van der Waals surface area contributed by atoms with Gasteiger partial charge >= 0.3 is 20.4 Å². The Kier molecular flexibility index (Phi) is 15.6. The van der Waals surface area contributed by atoms with Crippen LogP contribution in [0.2, 0.25) is 0 Å². The van der Waals surface area contributed by atoms with Gasteiger partial charge in [0, 0.05) is 21.2 Å². The normalized spacial score (nSPS) is 12.1. The van der Waals surface area contributed by atoms with Gasteiger partial charge in [-0.1, -0.05) is 170 Å². The second-order valence-electron chi connectivity index (χ2n) is 13.0. The molecule has 0 aliphatic heterocycles. The smallest absolute Gasteiger partial charge is 0.744 e. The maximum Gasteiger partial charge on any atom is 2.00 e. The van der Waals surface area contributed by atoms with E-state index in [1.807, 2.05) is 170 Å². The average Bonchev–Trinajstić information content (AvgIpc) is 3.26. The van der Waals surface area contributed by atoms with Crippen LogP contribution in [0.5, 0.6) is 23.0 Å². The van der Waals surface area contributed by atoms with Gasteiger partial charge in [0.05, 0.1) is 9.79 Å². The van der Waals surface area contributed by atoms with Crippen LogP contribution >= 0.6 is 15.8 Å². The quantitative estimate of drug-likeness (QED) is 0.0679. The van der Waals surface area contributed by atoms with Gasteiger partial charge in [0.15, 0.2) is 0 Å². The summed E-state index contributed by atoms with van der Waals surface area (Å²) in [5, 5.41) is 4.48. The summed E-state index contributed by atoms with van der Waals surface area (Å²) in [6.07, 6.45) is 0. The zero-order valence-corrected chi connectivity index (χ0v) is 37.1. The summed E-state index contributed by atoms with van der Waals surface area (Å²) in [7, 11) is -12.0. The van der Waals surface area contributed by atoms with Crippen LogP contribution in [0.25, 0.3) is 0 Å². The average molecular weight is 973 g/mol. The fourth-order valence-corrected chi connectivity index (χ4v) is 13.5. The molecular weight excluding hydrogens is 937 g/mol. The number of benzene rings is 8. The summed E-state index contributed by atoms with van der Waals surface area (Å²) in [4.78, 5) is -0.399. The van der Waals surface area contributed by atoms with Crippen LogP contribution in [0.4, 0.5) is 0 Å². The molecule has 0 fully saturated rings. The number of hydrogen-bond acceptors (Lipinski definition) is 8. The minimum atomic E-state index is -4.64. The number of ether oxygens (including phenoxy) is 2. The zero-order chi connectivity index (χ0) is 42.0. The van der Waals surface area contributed by atoms with Crippen molar-refractivity contribution in [3.63, 3.8) is 0 Å². The molecule has 0 aromatic heterocycles. The molecule has 8 rings (SSSR count). The molecule has 0 bridgehead atoms. The molecule has 8 aromatic carbocycles. The third-order valence-corrected chi connectivity index (χ3v) is 16.1. The van der Waals surface area contributed by atoms with Gasteiger partial charge in [-0.05, 0) is 75.0 Å². The van der Waals surface area contributed by atoms with E-state index in [2.05, 4.69) is 0 Å². The molecule has 0 saturated heterocycles. The van der Waals surface area contributed by atoms with Crippen LogP contribution < -0.4 is 41.3 Å². The molecule has 2 atom stereocenters. The Morgan fingerprint density at radius 2 is 0.590 bits per heavy atom. The van der Waals surface area contributed by atoms with E-state index in [9.17, 15) is 25.9 Å². The van der Waals surface area contributed by atoms with Gasteiger partial charge in [0.25, 0.3) is 0 Å². The van der Waals surface area contributed by atoms with Crippen molar-refractivity contribution in [2.75, 3.05) is 0 Å². The summed E-state index contributed by atoms with van der Waals surface area (Å²) in [5.74, 6) is 2.60. The van der Waals surface area contributed by atoms with E-state index in [4.69, 9.17) is 9.47 Å². The van der Waals surface area contributed by atoms with E-state index in [1.165, 1.54) is 12.1 Å². The maximum absolute atomic E-state index is 12.0. The zero-order valence-electron chi connectivity index (χ0n) is 32.1. The van der Waals surface area contributed by atoms with Crippen LogP contribution in [0.1, 0.15) is 0 Å². The standard InChI is InChI=1S/2C24H19O4PS.Pd/c2*25-30(26,27)24-18-10-9-17-23(24)29(20-13-5-2-6-14-20)22-16-8-7-15-21(22)28-19-11-3-1-4-12-19;/h2*1-18H,(H,25,26,27);/q;;+2/p-2. The van der Waals surface area contributed by atoms with Crippen LogP contribution in [-0.4, -0.2) is 25.9 Å². The molecule has 0 radical (unpaired) electrons. The second kappa shape index (κ2) is 21.0. The van der Waals surface area contributed by atoms with Crippen LogP contribution in [0.15, 0.2) is 228 Å². The van der Waals surface area contributed by atoms with E-state index in [1.54, 1.807) is 36.4 Å². The molecule has 61 heavy (non-hydrogen) atoms. The minimum Gasteiger partial charge on any atom is -0.744 e.